The predicted molar refractivity (Wildman–Crippen MR) is 157 cm³/mol. The van der Waals surface area contributed by atoms with Gasteiger partial charge < -0.3 is 19.5 Å². The van der Waals surface area contributed by atoms with Gasteiger partial charge in [0.05, 0.1) is 26.9 Å². The van der Waals surface area contributed by atoms with Crippen LogP contribution in [-0.4, -0.2) is 72.4 Å². The molecule has 1 saturated carbocycles. The van der Waals surface area contributed by atoms with Crippen molar-refractivity contribution in [1.29, 1.82) is 5.26 Å². The van der Waals surface area contributed by atoms with E-state index in [1.807, 2.05) is 40.0 Å². The van der Waals surface area contributed by atoms with Crippen molar-refractivity contribution < 1.29 is 9.66 Å². The number of aromatic nitrogens is 2. The highest BCUT2D eigenvalue weighted by atomic mass is 35.5. The molecule has 0 bridgehead atoms. The molecule has 3 atom stereocenters. The lowest BCUT2D eigenvalue weighted by molar-refractivity contribution is 0.0787. The van der Waals surface area contributed by atoms with Crippen molar-refractivity contribution in [3.63, 3.8) is 0 Å². The number of likely N-dealkylation sites (N-methyl/N-ethyl adjacent to an activating group) is 1. The molecule has 2 aliphatic heterocycles. The van der Waals surface area contributed by atoms with Crippen LogP contribution in [0.1, 0.15) is 58.6 Å². The van der Waals surface area contributed by atoms with Gasteiger partial charge in [-0.3, -0.25) is 4.68 Å². The number of aliphatic hydroxyl groups excluding tert-OH is 1. The lowest BCUT2D eigenvalue weighted by Crippen LogP contribution is -2.56. The first-order valence-electron chi connectivity index (χ1n) is 13.3. The molecule has 1 spiro atoms. The molecule has 1 aliphatic carbocycles. The van der Waals surface area contributed by atoms with Crippen LogP contribution >= 0.6 is 23.4 Å². The maximum atomic E-state index is 12.8. The Morgan fingerprint density at radius 2 is 1.97 bits per heavy atom. The predicted octanol–water partition coefficient (Wildman–Crippen LogP) is 4.34. The van der Waals surface area contributed by atoms with E-state index in [1.165, 1.54) is 16.4 Å². The summed E-state index contributed by atoms with van der Waals surface area (Å²) in [4.78, 5) is 10.2. The summed E-state index contributed by atoms with van der Waals surface area (Å²) in [7, 11) is 3.58. The molecule has 1 unspecified atom stereocenters. The lowest BCUT2D eigenvalue weighted by atomic mass is 9.74. The number of halogens is 1. The van der Waals surface area contributed by atoms with Gasteiger partial charge in [0, 0.05) is 49.6 Å². The van der Waals surface area contributed by atoms with Gasteiger partial charge in [0.25, 0.3) is 0 Å². The molecular formula is C27H36ClN7O2S2. The molecule has 5 rings (SSSR count). The number of aliphatic imine (C=N–C) groups is 1. The first-order valence-corrected chi connectivity index (χ1v) is 15.6. The van der Waals surface area contributed by atoms with Crippen LogP contribution in [0, 0.1) is 16.7 Å². The van der Waals surface area contributed by atoms with E-state index >= 15 is 0 Å². The van der Waals surface area contributed by atoms with Gasteiger partial charge in [0.2, 0.25) is 5.96 Å². The fraction of sp³-hybridized carbons (Fsp3) is 0.593. The molecule has 2 aromatic rings. The molecule has 210 valence electrons. The molecule has 3 heterocycles. The summed E-state index contributed by atoms with van der Waals surface area (Å²) >= 11 is 6.97. The molecule has 2 fully saturated rings. The smallest absolute Gasteiger partial charge is 0.203 e. The van der Waals surface area contributed by atoms with E-state index in [2.05, 4.69) is 20.8 Å². The molecular weight excluding hydrogens is 554 g/mol. The zero-order valence-corrected chi connectivity index (χ0v) is 25.5. The summed E-state index contributed by atoms with van der Waals surface area (Å²) in [6.45, 7) is 7.71. The first-order chi connectivity index (χ1) is 18.4. The Morgan fingerprint density at radius 3 is 2.64 bits per heavy atom. The van der Waals surface area contributed by atoms with Gasteiger partial charge in [-0.1, -0.05) is 29.8 Å². The standard InChI is InChI=1S/C27H36ClN7O2S2/c1-26(2,3)39(37)32-21-7-6-10-27(21)11-13-35(14-12-27)25-30-16-20(24(36)33(25)4)38-19-9-8-17-22(23(19)28)18(15-29)34(5)31-17/h8-9,16,21,24,32,36H,6-7,10-14H2,1-5H3/t21-,24?,39-/m1/s1. The van der Waals surface area contributed by atoms with Crippen LogP contribution in [0.2, 0.25) is 5.02 Å². The minimum atomic E-state index is -1.08. The highest BCUT2D eigenvalue weighted by molar-refractivity contribution is 8.03. The third-order valence-corrected chi connectivity index (χ3v) is 11.5. The minimum Gasteiger partial charge on any atom is -0.598 e. The number of aliphatic hydroxyl groups is 1. The number of hydrogen-bond acceptors (Lipinski definition) is 9. The average Bonchev–Trinajstić information content (AvgIpc) is 3.43. The molecule has 39 heavy (non-hydrogen) atoms. The average molecular weight is 590 g/mol. The highest BCUT2D eigenvalue weighted by Crippen LogP contribution is 2.47. The van der Waals surface area contributed by atoms with Crippen molar-refractivity contribution in [2.45, 2.75) is 74.8 Å². The number of nitrogens with one attached hydrogen (secondary N) is 1. The van der Waals surface area contributed by atoms with Crippen molar-refractivity contribution >= 4 is 51.6 Å². The summed E-state index contributed by atoms with van der Waals surface area (Å²) in [5, 5.41) is 26.2. The molecule has 1 saturated heterocycles. The first kappa shape index (κ1) is 28.6. The number of rotatable bonds is 4. The second-order valence-corrected chi connectivity index (χ2v) is 15.2. The summed E-state index contributed by atoms with van der Waals surface area (Å²) < 4.78 is 17.5. The fourth-order valence-electron chi connectivity index (χ4n) is 5.91. The van der Waals surface area contributed by atoms with E-state index in [-0.39, 0.29) is 16.2 Å². The third-order valence-electron chi connectivity index (χ3n) is 8.23. The van der Waals surface area contributed by atoms with Crippen molar-refractivity contribution in [1.82, 2.24) is 24.3 Å². The number of aryl methyl sites for hydroxylation is 1. The molecule has 3 aliphatic rings. The van der Waals surface area contributed by atoms with Crippen LogP contribution in [0.25, 0.3) is 10.9 Å². The van der Waals surface area contributed by atoms with E-state index in [9.17, 15) is 14.9 Å². The number of nitrogens with zero attached hydrogens (tertiary/aromatic N) is 6. The van der Waals surface area contributed by atoms with Gasteiger partial charge in [-0.25, -0.2) is 4.99 Å². The normalized spacial score (nSPS) is 24.2. The SMILES string of the molecule is CN1C(N2CCC3(CCC[C@H]3N[S@+]([O-])C(C)(C)C)CC2)=NC=C(Sc2ccc3nn(C)c(C#N)c3c2Cl)C1O. The summed E-state index contributed by atoms with van der Waals surface area (Å²) in [5.41, 5.74) is 1.22. The van der Waals surface area contributed by atoms with E-state index in [0.29, 0.717) is 26.5 Å². The van der Waals surface area contributed by atoms with Crippen molar-refractivity contribution in [3.8, 4) is 6.07 Å². The van der Waals surface area contributed by atoms with E-state index in [4.69, 9.17) is 16.6 Å². The number of nitriles is 1. The molecule has 1 aromatic heterocycles. The number of likely N-dealkylation sites (tertiary alicyclic amines) is 1. The second kappa shape index (κ2) is 10.8. The monoisotopic (exact) mass is 589 g/mol. The maximum absolute atomic E-state index is 12.8. The van der Waals surface area contributed by atoms with E-state index in [1.54, 1.807) is 18.1 Å². The number of piperidine rings is 1. The second-order valence-electron chi connectivity index (χ2n) is 11.7. The summed E-state index contributed by atoms with van der Waals surface area (Å²) in [5.74, 6) is 0.753. The Hall–Kier alpha value is -1.94. The van der Waals surface area contributed by atoms with Crippen LogP contribution in [-0.2, 0) is 18.4 Å². The Labute approximate surface area is 242 Å². The van der Waals surface area contributed by atoms with Gasteiger partial charge >= 0.3 is 0 Å². The quantitative estimate of drug-likeness (QED) is 0.506. The Bertz CT molecular complexity index is 1350. The molecule has 1 aromatic carbocycles. The summed E-state index contributed by atoms with van der Waals surface area (Å²) in [6, 6.07) is 6.14. The number of hydrogen-bond donors (Lipinski definition) is 2. The van der Waals surface area contributed by atoms with Gasteiger partial charge in [0.1, 0.15) is 16.5 Å². The van der Waals surface area contributed by atoms with Crippen LogP contribution in [0.3, 0.4) is 0 Å². The number of fused-ring (bicyclic) bond motifs is 1. The van der Waals surface area contributed by atoms with Crippen LogP contribution in [0.4, 0.5) is 0 Å². The minimum absolute atomic E-state index is 0.157. The van der Waals surface area contributed by atoms with E-state index < -0.39 is 17.6 Å². The zero-order valence-electron chi connectivity index (χ0n) is 23.1. The molecule has 9 nitrogen and oxygen atoms in total. The van der Waals surface area contributed by atoms with Gasteiger partial charge in [-0.05, 0) is 64.0 Å². The lowest BCUT2D eigenvalue weighted by Gasteiger charge is -2.46. The molecule has 2 N–H and O–H groups in total. The fourth-order valence-corrected chi connectivity index (χ4v) is 8.20. The maximum Gasteiger partial charge on any atom is 0.203 e. The van der Waals surface area contributed by atoms with Crippen LogP contribution in [0.5, 0.6) is 0 Å². The number of guanidine groups is 1. The Kier molecular flexibility index (Phi) is 7.92. The van der Waals surface area contributed by atoms with Gasteiger partial charge in [-0.2, -0.15) is 10.4 Å². The van der Waals surface area contributed by atoms with Gasteiger partial charge in [0.15, 0.2) is 6.23 Å². The topological polar surface area (TPSA) is 116 Å². The van der Waals surface area contributed by atoms with E-state index in [0.717, 1.165) is 56.0 Å². The Balaban J connectivity index is 1.30. The Morgan fingerprint density at radius 1 is 1.26 bits per heavy atom. The molecule has 12 heteroatoms. The molecule has 0 radical (unpaired) electrons. The third kappa shape index (κ3) is 5.27. The van der Waals surface area contributed by atoms with Crippen molar-refractivity contribution in [2.24, 2.45) is 17.5 Å². The number of benzene rings is 1. The van der Waals surface area contributed by atoms with Crippen LogP contribution < -0.4 is 4.72 Å². The summed E-state index contributed by atoms with van der Waals surface area (Å²) in [6.07, 6.45) is 6.23. The highest BCUT2D eigenvalue weighted by Gasteiger charge is 2.48. The molecule has 0 amide bonds. The van der Waals surface area contributed by atoms with Crippen LogP contribution in [0.15, 0.2) is 33.1 Å². The van der Waals surface area contributed by atoms with Crippen molar-refractivity contribution in [3.05, 3.63) is 34.0 Å². The zero-order chi connectivity index (χ0) is 28.1. The van der Waals surface area contributed by atoms with Gasteiger partial charge in [-0.15, -0.1) is 4.72 Å². The number of thioether (sulfide) groups is 1. The largest absolute Gasteiger partial charge is 0.598 e. The van der Waals surface area contributed by atoms with Crippen molar-refractivity contribution in [2.75, 3.05) is 20.1 Å².